The first-order valence-electron chi connectivity index (χ1n) is 1.83. The fourth-order valence-corrected chi connectivity index (χ4v) is 1.25. The summed E-state index contributed by atoms with van der Waals surface area (Å²) in [7, 11) is 0. The number of hydrogen-bond donors (Lipinski definition) is 1. The molecule has 0 fully saturated rings. The van der Waals surface area contributed by atoms with E-state index in [0.29, 0.717) is 0 Å². The van der Waals surface area contributed by atoms with Crippen molar-refractivity contribution in [2.75, 3.05) is 0 Å². The Kier molecular flexibility index (Phi) is 2.05. The molecule has 0 saturated heterocycles. The quantitative estimate of drug-likeness (QED) is 0.500. The normalized spacial score (nSPS) is 18.1. The summed E-state index contributed by atoms with van der Waals surface area (Å²) < 4.78 is 4.25. The first-order valence-corrected chi connectivity index (χ1v) is 3.79. The van der Waals surface area contributed by atoms with Crippen molar-refractivity contribution in [3.8, 4) is 0 Å². The molecule has 0 atom stereocenters. The topological polar surface area (TPSA) is 12.0 Å². The Morgan fingerprint density at radius 2 is 2.57 bits per heavy atom. The van der Waals surface area contributed by atoms with Gasteiger partial charge in [0.25, 0.3) is 0 Å². The van der Waals surface area contributed by atoms with Gasteiger partial charge in [0.1, 0.15) is 0 Å². The Morgan fingerprint density at radius 3 is 2.86 bits per heavy atom. The molecule has 0 aromatic heterocycles. The zero-order chi connectivity index (χ0) is 5.11. The van der Waals surface area contributed by atoms with Crippen LogP contribution in [0, 0.1) is 0 Å². The van der Waals surface area contributed by atoms with Gasteiger partial charge in [0, 0.05) is 15.2 Å². The van der Waals surface area contributed by atoms with E-state index in [-0.39, 0.29) is 0 Å². The summed E-state index contributed by atoms with van der Waals surface area (Å²) in [6.07, 6.45) is 3.95. The van der Waals surface area contributed by atoms with E-state index in [9.17, 15) is 0 Å². The van der Waals surface area contributed by atoms with Crippen molar-refractivity contribution >= 4 is 34.5 Å². The lowest BCUT2D eigenvalue weighted by molar-refractivity contribution is 1.41. The standard InChI is InChI=1S/C4H4INS/c5-4-1-2-6-7-3-4/h1-3,6H. The molecule has 1 aliphatic heterocycles. The van der Waals surface area contributed by atoms with E-state index < -0.39 is 0 Å². The third kappa shape index (κ3) is 1.73. The smallest absolute Gasteiger partial charge is 0.0225 e. The summed E-state index contributed by atoms with van der Waals surface area (Å²) in [5.74, 6) is 0. The number of allylic oxidation sites excluding steroid dienone is 2. The number of hydrogen-bond acceptors (Lipinski definition) is 2. The molecule has 1 heterocycles. The van der Waals surface area contributed by atoms with Crippen molar-refractivity contribution in [2.45, 2.75) is 0 Å². The molecule has 0 aliphatic carbocycles. The Balaban J connectivity index is 2.58. The maximum Gasteiger partial charge on any atom is 0.0225 e. The van der Waals surface area contributed by atoms with Crippen molar-refractivity contribution in [2.24, 2.45) is 0 Å². The summed E-state index contributed by atoms with van der Waals surface area (Å²) in [4.78, 5) is 0. The highest BCUT2D eigenvalue weighted by Gasteiger charge is 1.87. The second-order valence-corrected chi connectivity index (χ2v) is 3.02. The van der Waals surface area contributed by atoms with Crippen molar-refractivity contribution in [1.82, 2.24) is 4.72 Å². The zero-order valence-corrected chi connectivity index (χ0v) is 6.49. The molecule has 0 amide bonds. The lowest BCUT2D eigenvalue weighted by Crippen LogP contribution is -1.90. The van der Waals surface area contributed by atoms with Gasteiger partial charge in [0.05, 0.1) is 0 Å². The summed E-state index contributed by atoms with van der Waals surface area (Å²) in [6, 6.07) is 0. The second-order valence-electron chi connectivity index (χ2n) is 1.07. The minimum atomic E-state index is 1.28. The zero-order valence-electron chi connectivity index (χ0n) is 3.52. The van der Waals surface area contributed by atoms with Crippen LogP contribution in [0.2, 0.25) is 0 Å². The van der Waals surface area contributed by atoms with Gasteiger partial charge in [-0.1, -0.05) is 0 Å². The van der Waals surface area contributed by atoms with Crippen LogP contribution < -0.4 is 4.72 Å². The highest BCUT2D eigenvalue weighted by atomic mass is 127. The molecular formula is C4H4INS. The molecule has 1 nitrogen and oxygen atoms in total. The van der Waals surface area contributed by atoms with Crippen LogP contribution in [0.1, 0.15) is 0 Å². The lowest BCUT2D eigenvalue weighted by Gasteiger charge is -1.98. The Labute approximate surface area is 60.5 Å². The molecule has 7 heavy (non-hydrogen) atoms. The van der Waals surface area contributed by atoms with E-state index in [1.807, 2.05) is 12.3 Å². The average molecular weight is 225 g/mol. The highest BCUT2D eigenvalue weighted by molar-refractivity contribution is 14.1. The van der Waals surface area contributed by atoms with Gasteiger partial charge in [-0.15, -0.1) is 0 Å². The third-order valence-corrected chi connectivity index (χ3v) is 2.29. The first kappa shape index (κ1) is 5.50. The SMILES string of the molecule is IC1=CSNC=C1. The molecule has 1 aliphatic rings. The van der Waals surface area contributed by atoms with Crippen LogP contribution in [0.15, 0.2) is 21.3 Å². The van der Waals surface area contributed by atoms with Gasteiger partial charge in [-0.25, -0.2) is 0 Å². The summed E-state index contributed by atoms with van der Waals surface area (Å²) in [5, 5.41) is 2.06. The van der Waals surface area contributed by atoms with Gasteiger partial charge >= 0.3 is 0 Å². The van der Waals surface area contributed by atoms with Crippen LogP contribution >= 0.6 is 34.5 Å². The fourth-order valence-electron chi connectivity index (χ4n) is 0.283. The van der Waals surface area contributed by atoms with E-state index >= 15 is 0 Å². The van der Waals surface area contributed by atoms with Gasteiger partial charge in [-0.05, 0) is 40.6 Å². The van der Waals surface area contributed by atoms with Crippen LogP contribution in [-0.2, 0) is 0 Å². The molecule has 0 saturated carbocycles. The molecule has 0 unspecified atom stereocenters. The Hall–Kier alpha value is 0.360. The van der Waals surface area contributed by atoms with Crippen molar-refractivity contribution in [1.29, 1.82) is 0 Å². The molecule has 1 rings (SSSR count). The molecule has 0 spiro atoms. The van der Waals surface area contributed by atoms with Crippen LogP contribution in [0.4, 0.5) is 0 Å². The average Bonchev–Trinajstić information content (AvgIpc) is 1.69. The molecule has 0 bridgehead atoms. The minimum Gasteiger partial charge on any atom is -0.333 e. The van der Waals surface area contributed by atoms with Gasteiger partial charge < -0.3 is 4.72 Å². The maximum absolute atomic E-state index is 2.97. The summed E-state index contributed by atoms with van der Waals surface area (Å²) >= 11 is 3.87. The Bertz CT molecular complexity index is 119. The number of halogens is 1. The van der Waals surface area contributed by atoms with E-state index in [0.717, 1.165) is 0 Å². The van der Waals surface area contributed by atoms with Crippen molar-refractivity contribution in [3.63, 3.8) is 0 Å². The summed E-state index contributed by atoms with van der Waals surface area (Å²) in [5.41, 5.74) is 0. The predicted octanol–water partition coefficient (Wildman–Crippen LogP) is 2.03. The lowest BCUT2D eigenvalue weighted by atomic mass is 10.6. The van der Waals surface area contributed by atoms with Crippen LogP contribution in [0.5, 0.6) is 0 Å². The highest BCUT2D eigenvalue weighted by Crippen LogP contribution is 2.15. The minimum absolute atomic E-state index is 1.28. The fraction of sp³-hybridized carbons (Fsp3) is 0. The van der Waals surface area contributed by atoms with Crippen LogP contribution in [0.25, 0.3) is 0 Å². The molecule has 3 heteroatoms. The van der Waals surface area contributed by atoms with Crippen LogP contribution in [-0.4, -0.2) is 0 Å². The van der Waals surface area contributed by atoms with E-state index in [4.69, 9.17) is 0 Å². The largest absolute Gasteiger partial charge is 0.333 e. The molecule has 0 radical (unpaired) electrons. The van der Waals surface area contributed by atoms with Crippen molar-refractivity contribution in [3.05, 3.63) is 21.3 Å². The van der Waals surface area contributed by atoms with Crippen LogP contribution in [0.3, 0.4) is 0 Å². The summed E-state index contributed by atoms with van der Waals surface area (Å²) in [6.45, 7) is 0. The first-order chi connectivity index (χ1) is 3.39. The van der Waals surface area contributed by atoms with E-state index in [1.54, 1.807) is 11.9 Å². The predicted molar refractivity (Wildman–Crippen MR) is 42.0 cm³/mol. The van der Waals surface area contributed by atoms with E-state index in [2.05, 4.69) is 32.7 Å². The van der Waals surface area contributed by atoms with Gasteiger partial charge in [0.2, 0.25) is 0 Å². The van der Waals surface area contributed by atoms with Crippen molar-refractivity contribution < 1.29 is 0 Å². The second kappa shape index (κ2) is 2.61. The number of nitrogens with one attached hydrogen (secondary N) is 1. The molecular weight excluding hydrogens is 221 g/mol. The molecule has 0 aromatic carbocycles. The third-order valence-electron chi connectivity index (χ3n) is 0.550. The molecule has 1 N–H and O–H groups in total. The molecule has 38 valence electrons. The maximum atomic E-state index is 2.97. The monoisotopic (exact) mass is 225 g/mol. The van der Waals surface area contributed by atoms with Gasteiger partial charge in [0.15, 0.2) is 0 Å². The van der Waals surface area contributed by atoms with Gasteiger partial charge in [-0.2, -0.15) is 0 Å². The Morgan fingerprint density at radius 1 is 1.71 bits per heavy atom. The van der Waals surface area contributed by atoms with E-state index in [1.165, 1.54) is 3.58 Å². The van der Waals surface area contributed by atoms with Gasteiger partial charge in [-0.3, -0.25) is 0 Å². The molecule has 0 aromatic rings. The number of rotatable bonds is 0.